The van der Waals surface area contributed by atoms with Gasteiger partial charge in [0, 0.05) is 18.2 Å². The van der Waals surface area contributed by atoms with Crippen molar-refractivity contribution in [1.82, 2.24) is 0 Å². The number of ether oxygens (including phenoxy) is 1. The van der Waals surface area contributed by atoms with Crippen molar-refractivity contribution in [2.75, 3.05) is 5.32 Å². The fourth-order valence-electron chi connectivity index (χ4n) is 3.65. The Hall–Kier alpha value is -2.17. The van der Waals surface area contributed by atoms with Gasteiger partial charge in [0.05, 0.1) is 22.7 Å². The molecule has 3 rings (SSSR count). The number of unbranched alkanes of at least 4 members (excludes halogenated alkanes) is 2. The van der Waals surface area contributed by atoms with E-state index in [1.807, 2.05) is 6.92 Å². The van der Waals surface area contributed by atoms with E-state index in [0.717, 1.165) is 31.4 Å². The van der Waals surface area contributed by atoms with Crippen LogP contribution in [0.25, 0.3) is 11.0 Å². The van der Waals surface area contributed by atoms with Crippen molar-refractivity contribution in [3.63, 3.8) is 0 Å². The third-order valence-electron chi connectivity index (χ3n) is 5.19. The summed E-state index contributed by atoms with van der Waals surface area (Å²) in [6.45, 7) is 6.31. The second-order valence-electron chi connectivity index (χ2n) is 7.27. The molecule has 0 saturated carbocycles. The van der Waals surface area contributed by atoms with Gasteiger partial charge >= 0.3 is 5.63 Å². The van der Waals surface area contributed by atoms with Crippen LogP contribution < -0.4 is 15.7 Å². The van der Waals surface area contributed by atoms with Crippen LogP contribution in [0.1, 0.15) is 64.9 Å². The minimum Gasteiger partial charge on any atom is -0.507 e. The van der Waals surface area contributed by atoms with Crippen molar-refractivity contribution in [3.8, 4) is 11.5 Å². The van der Waals surface area contributed by atoms with Crippen molar-refractivity contribution in [2.45, 2.75) is 77.9 Å². The number of nitrogens with one attached hydrogen (secondary N) is 1. The summed E-state index contributed by atoms with van der Waals surface area (Å²) < 4.78 is 11.4. The predicted molar refractivity (Wildman–Crippen MR) is 104 cm³/mol. The highest BCUT2D eigenvalue weighted by atomic mass is 16.5. The molecule has 1 aromatic carbocycles. The highest BCUT2D eigenvalue weighted by Crippen LogP contribution is 2.39. The SMILES string of the molecule is CCCCCC(C)Oc1cc(O)c2c3c(c(=O)oc2c1)CCC(CC)N3. The van der Waals surface area contributed by atoms with Gasteiger partial charge in [0.15, 0.2) is 0 Å². The van der Waals surface area contributed by atoms with Gasteiger partial charge in [-0.15, -0.1) is 0 Å². The molecule has 2 heterocycles. The zero-order valence-electron chi connectivity index (χ0n) is 15.9. The number of aromatic hydroxyl groups is 1. The first-order valence-corrected chi connectivity index (χ1v) is 9.79. The number of rotatable bonds is 7. The van der Waals surface area contributed by atoms with Crippen LogP contribution in [0.3, 0.4) is 0 Å². The third kappa shape index (κ3) is 3.81. The molecule has 1 aromatic heterocycles. The zero-order valence-corrected chi connectivity index (χ0v) is 15.9. The van der Waals surface area contributed by atoms with Crippen LogP contribution in [-0.4, -0.2) is 17.3 Å². The number of phenols is 1. The van der Waals surface area contributed by atoms with Gasteiger partial charge in [-0.25, -0.2) is 4.79 Å². The summed E-state index contributed by atoms with van der Waals surface area (Å²) in [5, 5.41) is 14.6. The normalized spacial score (nSPS) is 17.6. The maximum Gasteiger partial charge on any atom is 0.341 e. The van der Waals surface area contributed by atoms with E-state index in [0.29, 0.717) is 34.7 Å². The molecule has 0 amide bonds. The molecule has 5 heteroatoms. The molecule has 0 saturated heterocycles. The van der Waals surface area contributed by atoms with Crippen LogP contribution in [-0.2, 0) is 6.42 Å². The molecule has 0 spiro atoms. The molecule has 142 valence electrons. The average molecular weight is 359 g/mol. The molecule has 0 bridgehead atoms. The van der Waals surface area contributed by atoms with Crippen molar-refractivity contribution >= 4 is 16.7 Å². The summed E-state index contributed by atoms with van der Waals surface area (Å²) >= 11 is 0. The monoisotopic (exact) mass is 359 g/mol. The van der Waals surface area contributed by atoms with Crippen LogP contribution in [0, 0.1) is 0 Å². The molecule has 1 aliphatic heterocycles. The number of benzene rings is 1. The van der Waals surface area contributed by atoms with Crippen LogP contribution in [0.4, 0.5) is 5.69 Å². The van der Waals surface area contributed by atoms with Gasteiger partial charge in [0.2, 0.25) is 0 Å². The summed E-state index contributed by atoms with van der Waals surface area (Å²) in [7, 11) is 0. The van der Waals surface area contributed by atoms with E-state index >= 15 is 0 Å². The molecular formula is C21H29NO4. The lowest BCUT2D eigenvalue weighted by Crippen LogP contribution is -2.28. The highest BCUT2D eigenvalue weighted by Gasteiger charge is 2.25. The third-order valence-corrected chi connectivity index (χ3v) is 5.19. The minimum atomic E-state index is -0.331. The number of anilines is 1. The van der Waals surface area contributed by atoms with E-state index in [2.05, 4.69) is 19.2 Å². The first-order chi connectivity index (χ1) is 12.5. The van der Waals surface area contributed by atoms with Gasteiger partial charge in [-0.1, -0.05) is 26.7 Å². The molecular weight excluding hydrogens is 330 g/mol. The van der Waals surface area contributed by atoms with E-state index in [1.54, 1.807) is 12.1 Å². The summed E-state index contributed by atoms with van der Waals surface area (Å²) in [5.41, 5.74) is 1.38. The van der Waals surface area contributed by atoms with Crippen molar-refractivity contribution in [1.29, 1.82) is 0 Å². The Morgan fingerprint density at radius 2 is 2.15 bits per heavy atom. The summed E-state index contributed by atoms with van der Waals surface area (Å²) in [4.78, 5) is 12.4. The topological polar surface area (TPSA) is 71.7 Å². The van der Waals surface area contributed by atoms with Crippen LogP contribution in [0.5, 0.6) is 11.5 Å². The van der Waals surface area contributed by atoms with E-state index < -0.39 is 0 Å². The predicted octanol–water partition coefficient (Wildman–Crippen LogP) is 4.98. The zero-order chi connectivity index (χ0) is 18.7. The van der Waals surface area contributed by atoms with E-state index in [-0.39, 0.29) is 17.5 Å². The van der Waals surface area contributed by atoms with Gasteiger partial charge in [-0.3, -0.25) is 0 Å². The lowest BCUT2D eigenvalue weighted by atomic mass is 9.96. The second-order valence-corrected chi connectivity index (χ2v) is 7.27. The number of phenolic OH excluding ortho intramolecular Hbond substituents is 1. The lowest BCUT2D eigenvalue weighted by Gasteiger charge is -2.26. The fraction of sp³-hybridized carbons (Fsp3) is 0.571. The van der Waals surface area contributed by atoms with E-state index in [9.17, 15) is 9.90 Å². The van der Waals surface area contributed by atoms with Crippen LogP contribution >= 0.6 is 0 Å². The number of fused-ring (bicyclic) bond motifs is 3. The Labute approximate surface area is 154 Å². The maximum atomic E-state index is 12.4. The molecule has 1 aliphatic rings. The van der Waals surface area contributed by atoms with Gasteiger partial charge in [0.25, 0.3) is 0 Å². The first kappa shape index (κ1) is 18.6. The average Bonchev–Trinajstić information content (AvgIpc) is 2.61. The van der Waals surface area contributed by atoms with Crippen LogP contribution in [0.15, 0.2) is 21.3 Å². The van der Waals surface area contributed by atoms with Crippen molar-refractivity contribution < 1.29 is 14.3 Å². The summed E-state index contributed by atoms with van der Waals surface area (Å²) in [5.74, 6) is 0.618. The Morgan fingerprint density at radius 1 is 1.35 bits per heavy atom. The summed E-state index contributed by atoms with van der Waals surface area (Å²) in [6.07, 6.45) is 7.02. The van der Waals surface area contributed by atoms with Crippen molar-refractivity contribution in [3.05, 3.63) is 28.1 Å². The quantitative estimate of drug-likeness (QED) is 0.539. The first-order valence-electron chi connectivity index (χ1n) is 9.79. The second kappa shape index (κ2) is 8.02. The standard InChI is InChI=1S/C21H29NO4/c1-4-6-7-8-13(3)25-15-11-17(23)19-18(12-15)26-21(24)16-10-9-14(5-2)22-20(16)19/h11-14,22-23H,4-10H2,1-3H3. The Balaban J connectivity index is 1.93. The number of hydrogen-bond donors (Lipinski definition) is 2. The van der Waals surface area contributed by atoms with Crippen LogP contribution in [0.2, 0.25) is 0 Å². The van der Waals surface area contributed by atoms with Gasteiger partial charge in [-0.05, 0) is 39.0 Å². The van der Waals surface area contributed by atoms with Crippen molar-refractivity contribution in [2.24, 2.45) is 0 Å². The fourth-order valence-corrected chi connectivity index (χ4v) is 3.65. The molecule has 0 radical (unpaired) electrons. The van der Waals surface area contributed by atoms with E-state index in [1.165, 1.54) is 12.8 Å². The summed E-state index contributed by atoms with van der Waals surface area (Å²) in [6, 6.07) is 3.64. The largest absolute Gasteiger partial charge is 0.507 e. The number of hydrogen-bond acceptors (Lipinski definition) is 5. The minimum absolute atomic E-state index is 0.0466. The molecule has 2 atom stereocenters. The molecule has 2 N–H and O–H groups in total. The van der Waals surface area contributed by atoms with Gasteiger partial charge in [-0.2, -0.15) is 0 Å². The highest BCUT2D eigenvalue weighted by molar-refractivity contribution is 5.97. The smallest absolute Gasteiger partial charge is 0.341 e. The lowest BCUT2D eigenvalue weighted by molar-refractivity contribution is 0.206. The maximum absolute atomic E-state index is 12.4. The molecule has 2 unspecified atom stereocenters. The molecule has 0 fully saturated rings. The molecule has 26 heavy (non-hydrogen) atoms. The van der Waals surface area contributed by atoms with Gasteiger partial charge < -0.3 is 19.6 Å². The molecule has 2 aromatic rings. The molecule has 0 aliphatic carbocycles. The Bertz CT molecular complexity index is 827. The van der Waals surface area contributed by atoms with Gasteiger partial charge in [0.1, 0.15) is 17.1 Å². The van der Waals surface area contributed by atoms with E-state index in [4.69, 9.17) is 9.15 Å². The Kier molecular flexibility index (Phi) is 5.74. The Morgan fingerprint density at radius 3 is 2.88 bits per heavy atom. The molecule has 5 nitrogen and oxygen atoms in total.